The summed E-state index contributed by atoms with van der Waals surface area (Å²) in [5.41, 5.74) is 11.5. The first-order valence-electron chi connectivity index (χ1n) is 8.46. The number of anilines is 1. The number of amides is 2. The summed E-state index contributed by atoms with van der Waals surface area (Å²) in [7, 11) is 0. The van der Waals surface area contributed by atoms with E-state index in [1.807, 2.05) is 6.92 Å². The largest absolute Gasteiger partial charge is 0.477 e. The van der Waals surface area contributed by atoms with Crippen molar-refractivity contribution in [2.24, 2.45) is 10.9 Å². The lowest BCUT2D eigenvalue weighted by atomic mass is 10.0. The number of carboxylic acid groups (broad SMARTS) is 1. The number of carbonyl (C=O) groups excluding carboxylic acids is 2. The average molecular weight is 471 g/mol. The topological polar surface area (TPSA) is 184 Å². The Morgan fingerprint density at radius 1 is 1.53 bits per heavy atom. The average Bonchev–Trinajstić information content (AvgIpc) is 3.15. The van der Waals surface area contributed by atoms with Crippen LogP contribution in [0.3, 0.4) is 0 Å². The predicted octanol–water partition coefficient (Wildman–Crippen LogP) is 0.195. The van der Waals surface area contributed by atoms with E-state index in [-0.39, 0.29) is 22.2 Å². The van der Waals surface area contributed by atoms with Crippen molar-refractivity contribution in [2.75, 3.05) is 18.0 Å². The van der Waals surface area contributed by atoms with Gasteiger partial charge in [-0.05, 0) is 12.3 Å². The maximum atomic E-state index is 12.7. The van der Waals surface area contributed by atoms with Crippen LogP contribution in [-0.4, -0.2) is 67.4 Å². The molecule has 14 heteroatoms. The van der Waals surface area contributed by atoms with E-state index < -0.39 is 29.2 Å². The molecule has 1 fully saturated rings. The highest BCUT2D eigenvalue weighted by Gasteiger charge is 2.54. The summed E-state index contributed by atoms with van der Waals surface area (Å²) >= 11 is 3.61. The van der Waals surface area contributed by atoms with E-state index >= 15 is 0 Å². The van der Waals surface area contributed by atoms with Crippen LogP contribution in [0.15, 0.2) is 32.1 Å². The second-order valence-corrected chi connectivity index (χ2v) is 9.20. The Kier molecular flexibility index (Phi) is 6.70. The smallest absolute Gasteiger partial charge is 0.353 e. The molecule has 2 aliphatic rings. The molecule has 160 valence electrons. The van der Waals surface area contributed by atoms with E-state index in [9.17, 15) is 24.7 Å². The van der Waals surface area contributed by atoms with Crippen molar-refractivity contribution in [1.29, 1.82) is 0 Å². The third kappa shape index (κ3) is 4.16. The number of β-lactam (4-membered cyclic amide) rings is 1. The van der Waals surface area contributed by atoms with Crippen LogP contribution in [0.4, 0.5) is 5.13 Å². The van der Waals surface area contributed by atoms with Crippen LogP contribution in [0.1, 0.15) is 12.6 Å². The van der Waals surface area contributed by atoms with Gasteiger partial charge in [0.05, 0.1) is 0 Å². The molecule has 30 heavy (non-hydrogen) atoms. The van der Waals surface area contributed by atoms with Gasteiger partial charge in [0, 0.05) is 22.6 Å². The molecule has 1 aromatic rings. The Hall–Kier alpha value is -2.55. The summed E-state index contributed by atoms with van der Waals surface area (Å²) in [5.74, 6) is -2.25. The zero-order valence-corrected chi connectivity index (χ0v) is 18.0. The Bertz CT molecular complexity index is 988. The molecule has 1 aromatic heterocycles. The van der Waals surface area contributed by atoms with Gasteiger partial charge in [-0.25, -0.2) is 9.78 Å². The number of thiazole rings is 1. The first kappa shape index (κ1) is 22.1. The molecule has 0 aliphatic carbocycles. The van der Waals surface area contributed by atoms with Gasteiger partial charge in [-0.1, -0.05) is 22.5 Å². The van der Waals surface area contributed by atoms with Crippen molar-refractivity contribution in [3.8, 4) is 0 Å². The number of nitrogen functional groups attached to an aromatic ring is 1. The highest BCUT2D eigenvalue weighted by atomic mass is 32.2. The lowest BCUT2D eigenvalue weighted by molar-refractivity contribution is -0.150. The van der Waals surface area contributed by atoms with Crippen LogP contribution in [0, 0.1) is 0 Å². The molecule has 1 saturated heterocycles. The molecule has 3 heterocycles. The van der Waals surface area contributed by atoms with Gasteiger partial charge in [-0.2, -0.15) is 0 Å². The molecule has 0 spiro atoms. The molecule has 7 N–H and O–H groups in total. The number of thioether (sulfide) groups is 2. The lowest BCUT2D eigenvalue weighted by Gasteiger charge is -2.49. The molecule has 3 rings (SSSR count). The number of carboxylic acids is 1. The molecule has 1 unspecified atom stereocenters. The summed E-state index contributed by atoms with van der Waals surface area (Å²) in [5, 5.41) is 27.1. The van der Waals surface area contributed by atoms with E-state index in [0.29, 0.717) is 17.2 Å². The maximum absolute atomic E-state index is 12.7. The SMILES string of the molecule is C/C(=C/SC1=C(C(=O)O)N2C(=O)C(NC(=O)/C(=N\O)c3csc(N)n3)[C@H]2SC1)CN. The lowest BCUT2D eigenvalue weighted by Crippen LogP contribution is -2.71. The fourth-order valence-corrected chi connectivity index (χ4v) is 5.68. The van der Waals surface area contributed by atoms with Gasteiger partial charge in [0.25, 0.3) is 11.8 Å². The van der Waals surface area contributed by atoms with Gasteiger partial charge in [0.2, 0.25) is 0 Å². The molecule has 0 bridgehead atoms. The van der Waals surface area contributed by atoms with E-state index in [4.69, 9.17) is 11.5 Å². The van der Waals surface area contributed by atoms with Crippen LogP contribution in [0.5, 0.6) is 0 Å². The second kappa shape index (κ2) is 9.07. The number of aromatic nitrogens is 1. The van der Waals surface area contributed by atoms with Crippen molar-refractivity contribution in [3.63, 3.8) is 0 Å². The Labute approximate surface area is 183 Å². The van der Waals surface area contributed by atoms with Gasteiger partial charge in [0.15, 0.2) is 10.8 Å². The van der Waals surface area contributed by atoms with Crippen LogP contribution in [-0.2, 0) is 14.4 Å². The van der Waals surface area contributed by atoms with Gasteiger partial charge in [0.1, 0.15) is 22.8 Å². The zero-order chi connectivity index (χ0) is 22.0. The first-order valence-corrected chi connectivity index (χ1v) is 11.3. The van der Waals surface area contributed by atoms with Crippen molar-refractivity contribution >= 4 is 63.5 Å². The monoisotopic (exact) mass is 470 g/mol. The molecule has 0 aromatic carbocycles. The fraction of sp³-hybridized carbons (Fsp3) is 0.312. The van der Waals surface area contributed by atoms with E-state index in [0.717, 1.165) is 21.8 Å². The highest BCUT2D eigenvalue weighted by Crippen LogP contribution is 2.43. The second-order valence-electron chi connectivity index (χ2n) is 6.24. The van der Waals surface area contributed by atoms with E-state index in [1.165, 1.54) is 28.9 Å². The summed E-state index contributed by atoms with van der Waals surface area (Å²) in [6, 6.07) is -0.961. The maximum Gasteiger partial charge on any atom is 0.353 e. The Morgan fingerprint density at radius 3 is 2.83 bits per heavy atom. The number of nitrogens with one attached hydrogen (secondary N) is 1. The minimum Gasteiger partial charge on any atom is -0.477 e. The number of rotatable bonds is 7. The first-order chi connectivity index (χ1) is 14.3. The Morgan fingerprint density at radius 2 is 2.27 bits per heavy atom. The number of aliphatic carboxylic acids is 1. The highest BCUT2D eigenvalue weighted by molar-refractivity contribution is 8.08. The molecule has 2 aliphatic heterocycles. The molecule has 11 nitrogen and oxygen atoms in total. The number of oxime groups is 1. The van der Waals surface area contributed by atoms with E-state index in [2.05, 4.69) is 15.5 Å². The third-order valence-electron chi connectivity index (χ3n) is 4.23. The van der Waals surface area contributed by atoms with Crippen molar-refractivity contribution in [2.45, 2.75) is 18.3 Å². The van der Waals surface area contributed by atoms with Gasteiger partial charge in [-0.15, -0.1) is 23.1 Å². The van der Waals surface area contributed by atoms with Gasteiger partial charge < -0.3 is 27.1 Å². The minimum absolute atomic E-state index is 0.0734. The molecule has 0 saturated carbocycles. The number of hydrogen-bond donors (Lipinski definition) is 5. The standard InChI is InChI=1S/C16H18N6O5S3/c1-6(2-17)3-28-8-5-29-14-10(13(24)22(14)11(8)15(25)26)20-12(23)9(21-27)7-4-30-16(18)19-7/h3-4,10,14,27H,2,5,17H2,1H3,(H2,18,19)(H,20,23)(H,25,26)/b6-3-,21-9-/t10?,14-/m1/s1. The Balaban J connectivity index is 1.77. The number of fused-ring (bicyclic) bond motifs is 1. The van der Waals surface area contributed by atoms with Gasteiger partial charge >= 0.3 is 5.97 Å². The summed E-state index contributed by atoms with van der Waals surface area (Å²) < 4.78 is 0. The number of carbonyl (C=O) groups is 3. The number of nitrogens with zero attached hydrogens (tertiary/aromatic N) is 3. The van der Waals surface area contributed by atoms with Crippen molar-refractivity contribution < 1.29 is 24.7 Å². The number of hydrogen-bond acceptors (Lipinski definition) is 11. The zero-order valence-electron chi connectivity index (χ0n) is 15.6. The number of nitrogens with two attached hydrogens (primary N) is 2. The molecule has 2 amide bonds. The van der Waals surface area contributed by atoms with E-state index in [1.54, 1.807) is 5.41 Å². The van der Waals surface area contributed by atoms with Crippen LogP contribution < -0.4 is 16.8 Å². The predicted molar refractivity (Wildman–Crippen MR) is 115 cm³/mol. The van der Waals surface area contributed by atoms with Crippen LogP contribution in [0.25, 0.3) is 0 Å². The van der Waals surface area contributed by atoms with Crippen molar-refractivity contribution in [3.05, 3.63) is 32.7 Å². The summed E-state index contributed by atoms with van der Waals surface area (Å²) in [6.45, 7) is 2.16. The quantitative estimate of drug-likeness (QED) is 0.159. The summed E-state index contributed by atoms with van der Waals surface area (Å²) in [6.07, 6.45) is 0. The van der Waals surface area contributed by atoms with Crippen LogP contribution in [0.2, 0.25) is 0 Å². The van der Waals surface area contributed by atoms with Crippen LogP contribution >= 0.6 is 34.9 Å². The third-order valence-corrected chi connectivity index (χ3v) is 7.51. The van der Waals surface area contributed by atoms with Gasteiger partial charge in [-0.3, -0.25) is 14.5 Å². The minimum atomic E-state index is -1.23. The molecular formula is C16H18N6O5S3. The fourth-order valence-electron chi connectivity index (χ4n) is 2.72. The normalized spacial score (nSPS) is 21.9. The molecule has 0 radical (unpaired) electrons. The van der Waals surface area contributed by atoms with Crippen molar-refractivity contribution in [1.82, 2.24) is 15.2 Å². The molecular weight excluding hydrogens is 452 g/mol. The molecule has 2 atom stereocenters. The summed E-state index contributed by atoms with van der Waals surface area (Å²) in [4.78, 5) is 42.5.